The number of carboxylic acids is 1. The number of ether oxygens (including phenoxy) is 5. The van der Waals surface area contributed by atoms with Crippen LogP contribution in [0.15, 0.2) is 152 Å². The highest BCUT2D eigenvalue weighted by Gasteiger charge is 2.50. The molecule has 7 rings (SSSR count). The van der Waals surface area contributed by atoms with E-state index >= 15 is 0 Å². The van der Waals surface area contributed by atoms with Crippen LogP contribution in [0.2, 0.25) is 0 Å². The molecule has 0 saturated carbocycles. The highest BCUT2D eigenvalue weighted by atomic mass is 16.6. The number of fused-ring (bicyclic) bond motifs is 1. The predicted octanol–water partition coefficient (Wildman–Crippen LogP) is 7.08. The molecule has 11 nitrogen and oxygen atoms in total. The number of methoxy groups -OCH3 is 3. The van der Waals surface area contributed by atoms with E-state index in [0.29, 0.717) is 17.0 Å². The number of hydrogen-bond acceptors (Lipinski definition) is 10. The molecule has 11 heteroatoms. The second-order valence-electron chi connectivity index (χ2n) is 13.5. The molecule has 1 heterocycles. The second-order valence-corrected chi connectivity index (χ2v) is 13.5. The molecule has 1 aliphatic rings. The molecule has 6 aromatic rings. The Bertz CT molecular complexity index is 2150. The standard InChI is InChI=1S/C31H30N2O5.C16H16O4/c1-35-28-25-19-12-20-26(25)32-30(33-28)38-27(29(34)37-21-22-13-6-3-7-14-22)31(36-2,23-15-8-4-9-16-23)24-17-10-5-11-18-24;1-20-16(14(17)15(18)19,12-8-4-2-5-9-12)13-10-6-3-7-11-13/h3-11,13-18,27H,12,19-21H2,1-2H3;2-11,14,17H,1H3,(H,18,19). The number of benzene rings is 5. The zero-order chi connectivity index (χ0) is 41.0. The quantitative estimate of drug-likeness (QED) is 0.103. The van der Waals surface area contributed by atoms with Crippen molar-refractivity contribution >= 4 is 11.9 Å². The predicted molar refractivity (Wildman–Crippen MR) is 216 cm³/mol. The summed E-state index contributed by atoms with van der Waals surface area (Å²) in [5.41, 5.74) is 2.54. The third-order valence-electron chi connectivity index (χ3n) is 10.2. The molecule has 0 radical (unpaired) electrons. The van der Waals surface area contributed by atoms with Crippen LogP contribution in [-0.4, -0.2) is 65.7 Å². The summed E-state index contributed by atoms with van der Waals surface area (Å²) in [5.74, 6) is -1.48. The first-order chi connectivity index (χ1) is 28.3. The maximum Gasteiger partial charge on any atom is 0.351 e. The van der Waals surface area contributed by atoms with Crippen molar-refractivity contribution in [3.05, 3.63) is 191 Å². The lowest BCUT2D eigenvalue weighted by Crippen LogP contribution is -2.51. The van der Waals surface area contributed by atoms with Crippen molar-refractivity contribution in [1.82, 2.24) is 9.97 Å². The summed E-state index contributed by atoms with van der Waals surface area (Å²) in [7, 11) is 4.53. The normalized spacial score (nSPS) is 13.2. The highest BCUT2D eigenvalue weighted by Crippen LogP contribution is 2.40. The third kappa shape index (κ3) is 8.62. The first-order valence-corrected chi connectivity index (χ1v) is 18.8. The average molecular weight is 783 g/mol. The van der Waals surface area contributed by atoms with Crippen LogP contribution in [0.5, 0.6) is 11.9 Å². The van der Waals surface area contributed by atoms with Crippen molar-refractivity contribution in [2.24, 2.45) is 0 Å². The van der Waals surface area contributed by atoms with Crippen molar-refractivity contribution < 1.29 is 43.5 Å². The molecule has 0 bridgehead atoms. The average Bonchev–Trinajstić information content (AvgIpc) is 3.77. The van der Waals surface area contributed by atoms with Gasteiger partial charge in [-0.1, -0.05) is 152 Å². The van der Waals surface area contributed by atoms with Crippen molar-refractivity contribution in [1.29, 1.82) is 0 Å². The fourth-order valence-electron chi connectivity index (χ4n) is 7.36. The van der Waals surface area contributed by atoms with E-state index in [1.807, 2.05) is 103 Å². The molecule has 2 N–H and O–H groups in total. The molecule has 298 valence electrons. The molecule has 5 aromatic carbocycles. The van der Waals surface area contributed by atoms with E-state index in [2.05, 4.69) is 9.97 Å². The zero-order valence-corrected chi connectivity index (χ0v) is 32.6. The topological polar surface area (TPSA) is 147 Å². The minimum Gasteiger partial charge on any atom is -0.481 e. The van der Waals surface area contributed by atoms with Crippen molar-refractivity contribution in [2.75, 3.05) is 21.3 Å². The van der Waals surface area contributed by atoms with Gasteiger partial charge in [0.15, 0.2) is 17.3 Å². The van der Waals surface area contributed by atoms with Crippen LogP contribution in [0, 0.1) is 0 Å². The molecular weight excluding hydrogens is 737 g/mol. The molecule has 1 aromatic heterocycles. The van der Waals surface area contributed by atoms with Gasteiger partial charge in [0.05, 0.1) is 12.8 Å². The number of aliphatic hydroxyl groups excluding tert-OH is 1. The molecule has 1 aliphatic carbocycles. The number of aromatic nitrogens is 2. The molecule has 2 atom stereocenters. The largest absolute Gasteiger partial charge is 0.481 e. The molecule has 0 amide bonds. The van der Waals surface area contributed by atoms with Crippen molar-refractivity contribution in [2.45, 2.75) is 49.3 Å². The number of hydrogen-bond donors (Lipinski definition) is 2. The van der Waals surface area contributed by atoms with E-state index in [4.69, 9.17) is 23.7 Å². The van der Waals surface area contributed by atoms with Gasteiger partial charge < -0.3 is 33.9 Å². The van der Waals surface area contributed by atoms with Gasteiger partial charge in [-0.3, -0.25) is 0 Å². The number of rotatable bonds is 15. The Labute approximate surface area is 337 Å². The lowest BCUT2D eigenvalue weighted by atomic mass is 9.81. The van der Waals surface area contributed by atoms with E-state index in [1.165, 1.54) is 7.11 Å². The minimum absolute atomic E-state index is 0.0393. The van der Waals surface area contributed by atoms with E-state index in [0.717, 1.165) is 47.2 Å². The Kier molecular flexibility index (Phi) is 13.6. The van der Waals surface area contributed by atoms with Crippen LogP contribution >= 0.6 is 0 Å². The van der Waals surface area contributed by atoms with E-state index in [-0.39, 0.29) is 12.6 Å². The molecule has 0 fully saturated rings. The highest BCUT2D eigenvalue weighted by molar-refractivity contribution is 5.78. The Hall–Kier alpha value is -6.40. The van der Waals surface area contributed by atoms with Crippen LogP contribution in [0.3, 0.4) is 0 Å². The van der Waals surface area contributed by atoms with Gasteiger partial charge in [-0.15, -0.1) is 0 Å². The minimum atomic E-state index is -1.71. The number of nitrogens with zero attached hydrogens (tertiary/aromatic N) is 2. The number of aliphatic carboxylic acids is 1. The molecule has 2 unspecified atom stereocenters. The maximum atomic E-state index is 13.9. The number of carbonyl (C=O) groups is 2. The van der Waals surface area contributed by atoms with Crippen molar-refractivity contribution in [3.8, 4) is 11.9 Å². The maximum absolute atomic E-state index is 13.9. The van der Waals surface area contributed by atoms with Crippen LogP contribution in [0.1, 0.15) is 45.5 Å². The number of aliphatic hydroxyl groups is 1. The van der Waals surface area contributed by atoms with Gasteiger partial charge in [-0.25, -0.2) is 9.59 Å². The smallest absolute Gasteiger partial charge is 0.351 e. The Morgan fingerprint density at radius 2 is 1.09 bits per heavy atom. The number of carboxylic acid groups (broad SMARTS) is 1. The summed E-state index contributed by atoms with van der Waals surface area (Å²) < 4.78 is 29.5. The summed E-state index contributed by atoms with van der Waals surface area (Å²) in [5, 5.41) is 19.5. The summed E-state index contributed by atoms with van der Waals surface area (Å²) in [6, 6.07) is 46.3. The molecule has 0 aliphatic heterocycles. The van der Waals surface area contributed by atoms with Gasteiger partial charge >= 0.3 is 17.9 Å². The van der Waals surface area contributed by atoms with Crippen LogP contribution in [-0.2, 0) is 54.5 Å². The van der Waals surface area contributed by atoms with Crippen LogP contribution < -0.4 is 9.47 Å². The zero-order valence-electron chi connectivity index (χ0n) is 32.6. The first-order valence-electron chi connectivity index (χ1n) is 18.8. The number of aryl methyl sites for hydroxylation is 1. The first kappa shape index (κ1) is 41.2. The van der Waals surface area contributed by atoms with Gasteiger partial charge in [-0.05, 0) is 47.1 Å². The second kappa shape index (κ2) is 19.2. The molecular formula is C47H46N2O9. The molecule has 0 saturated heterocycles. The van der Waals surface area contributed by atoms with Gasteiger partial charge in [0, 0.05) is 19.8 Å². The van der Waals surface area contributed by atoms with Gasteiger partial charge in [-0.2, -0.15) is 9.97 Å². The third-order valence-corrected chi connectivity index (χ3v) is 10.2. The van der Waals surface area contributed by atoms with E-state index < -0.39 is 35.3 Å². The Morgan fingerprint density at radius 1 is 0.638 bits per heavy atom. The van der Waals surface area contributed by atoms with E-state index in [9.17, 15) is 19.8 Å². The fourth-order valence-corrected chi connectivity index (χ4v) is 7.36. The van der Waals surface area contributed by atoms with Gasteiger partial charge in [0.1, 0.15) is 6.61 Å². The monoisotopic (exact) mass is 782 g/mol. The van der Waals surface area contributed by atoms with E-state index in [1.54, 1.807) is 62.8 Å². The summed E-state index contributed by atoms with van der Waals surface area (Å²) in [4.78, 5) is 34.4. The Morgan fingerprint density at radius 3 is 1.52 bits per heavy atom. The summed E-state index contributed by atoms with van der Waals surface area (Å²) in [6.07, 6.45) is -0.386. The number of carbonyl (C=O) groups excluding carboxylic acids is 1. The molecule has 0 spiro atoms. The van der Waals surface area contributed by atoms with Crippen LogP contribution in [0.25, 0.3) is 0 Å². The summed E-state index contributed by atoms with van der Waals surface area (Å²) in [6.45, 7) is 0.0806. The van der Waals surface area contributed by atoms with Crippen LogP contribution in [0.4, 0.5) is 0 Å². The lowest BCUT2D eigenvalue weighted by molar-refractivity contribution is -0.168. The lowest BCUT2D eigenvalue weighted by Gasteiger charge is -2.38. The SMILES string of the molecule is COC(c1ccccc1)(c1ccccc1)C(O)C(=O)O.COc1nc(OC(C(=O)OCc2ccccc2)C(OC)(c2ccccc2)c2ccccc2)nc2c1CCC2. The van der Waals surface area contributed by atoms with Crippen molar-refractivity contribution in [3.63, 3.8) is 0 Å². The number of esters is 1. The molecule has 58 heavy (non-hydrogen) atoms. The van der Waals surface area contributed by atoms with Gasteiger partial charge in [0.2, 0.25) is 12.0 Å². The fraction of sp³-hybridized carbons (Fsp3) is 0.234. The summed E-state index contributed by atoms with van der Waals surface area (Å²) >= 11 is 0. The van der Waals surface area contributed by atoms with Gasteiger partial charge in [0.25, 0.3) is 0 Å². The Balaban J connectivity index is 0.000000239.